The van der Waals surface area contributed by atoms with Crippen molar-refractivity contribution in [3.8, 4) is 0 Å². The predicted octanol–water partition coefficient (Wildman–Crippen LogP) is -0.634. The van der Waals surface area contributed by atoms with Gasteiger partial charge in [0, 0.05) is 33.5 Å². The van der Waals surface area contributed by atoms with Gasteiger partial charge in [-0.25, -0.2) is 0 Å². The molecule has 0 aromatic heterocycles. The van der Waals surface area contributed by atoms with Gasteiger partial charge in [0.1, 0.15) is 18.3 Å². The Balaban J connectivity index is 0.00000133. The summed E-state index contributed by atoms with van der Waals surface area (Å²) in [6.45, 7) is -0.0523. The summed E-state index contributed by atoms with van der Waals surface area (Å²) in [4.78, 5) is 0. The molecule has 1 aromatic rings. The summed E-state index contributed by atoms with van der Waals surface area (Å²) in [5.41, 5.74) is 1.91. The molecule has 0 aliphatic carbocycles. The second-order valence-corrected chi connectivity index (χ2v) is 4.73. The van der Waals surface area contributed by atoms with Gasteiger partial charge in [0.15, 0.2) is 5.79 Å². The fourth-order valence-corrected chi connectivity index (χ4v) is 2.57. The first-order chi connectivity index (χ1) is 8.66. The van der Waals surface area contributed by atoms with Crippen LogP contribution in [-0.4, -0.2) is 46.0 Å². The largest absolute Gasteiger partial charge is 0.394 e. The van der Waals surface area contributed by atoms with Crippen LogP contribution in [0.4, 0.5) is 0 Å². The summed E-state index contributed by atoms with van der Waals surface area (Å²) in [6.07, 6.45) is -2.81. The zero-order valence-electron chi connectivity index (χ0n) is 10.1. The average molecular weight is 437 g/mol. The van der Waals surface area contributed by atoms with Gasteiger partial charge in [0.05, 0.1) is 6.61 Å². The number of benzene rings is 1. The third-order valence-electron chi connectivity index (χ3n) is 3.62. The number of hydrogen-bond donors (Lipinski definition) is 3. The van der Waals surface area contributed by atoms with E-state index in [0.29, 0.717) is 13.0 Å². The van der Waals surface area contributed by atoms with E-state index in [-0.39, 0.29) is 27.0 Å². The molecule has 19 heavy (non-hydrogen) atoms. The van der Waals surface area contributed by atoms with Crippen LogP contribution in [-0.2, 0) is 42.9 Å². The normalized spacial score (nSPS) is 36.9. The topological polar surface area (TPSA) is 79.2 Å². The standard InChI is InChI=1S/C13H15O5.Re/c14-6-10-11(15)12(16)13(18-10)5-8-3-1-2-4-9(8)7-17-13;/h1-2,4,10-12,14-16H,5-7H2;/q-1;/t10-,11-,12+,13+;/m1./s1. The molecular formula is C13H15O5Re-. The Morgan fingerprint density at radius 2 is 2.21 bits per heavy atom. The molecule has 1 saturated heterocycles. The van der Waals surface area contributed by atoms with Crippen LogP contribution in [0.25, 0.3) is 0 Å². The van der Waals surface area contributed by atoms with Crippen molar-refractivity contribution in [3.05, 3.63) is 35.4 Å². The Bertz CT molecular complexity index is 454. The summed E-state index contributed by atoms with van der Waals surface area (Å²) < 4.78 is 11.1. The fourth-order valence-electron chi connectivity index (χ4n) is 2.57. The van der Waals surface area contributed by atoms with E-state index in [4.69, 9.17) is 14.6 Å². The molecule has 1 aromatic carbocycles. The Labute approximate surface area is 124 Å². The SMILES string of the molecule is OC[C@H]1O[C@@]2(Cc3[c-]cccc3CO2)[C@@H](O)[C@@H]1O.[Re]. The maximum atomic E-state index is 10.1. The molecule has 0 amide bonds. The molecule has 105 valence electrons. The van der Waals surface area contributed by atoms with Crippen LogP contribution >= 0.6 is 0 Å². The van der Waals surface area contributed by atoms with Gasteiger partial charge in [-0.15, -0.1) is 5.56 Å². The molecular weight excluding hydrogens is 422 g/mol. The van der Waals surface area contributed by atoms with Gasteiger partial charge in [-0.2, -0.15) is 29.8 Å². The van der Waals surface area contributed by atoms with Crippen molar-refractivity contribution in [3.63, 3.8) is 0 Å². The van der Waals surface area contributed by atoms with Crippen molar-refractivity contribution in [1.29, 1.82) is 0 Å². The molecule has 0 saturated carbocycles. The summed E-state index contributed by atoms with van der Waals surface area (Å²) in [7, 11) is 0. The Kier molecular flexibility index (Phi) is 4.43. The minimum Gasteiger partial charge on any atom is -0.394 e. The van der Waals surface area contributed by atoms with Crippen molar-refractivity contribution in [1.82, 2.24) is 0 Å². The van der Waals surface area contributed by atoms with E-state index in [2.05, 4.69) is 6.07 Å². The second-order valence-electron chi connectivity index (χ2n) is 4.73. The molecule has 3 N–H and O–H groups in total. The van der Waals surface area contributed by atoms with Crippen molar-refractivity contribution < 1.29 is 45.2 Å². The van der Waals surface area contributed by atoms with Crippen molar-refractivity contribution in [2.75, 3.05) is 6.61 Å². The van der Waals surface area contributed by atoms with Crippen molar-refractivity contribution >= 4 is 0 Å². The second kappa shape index (κ2) is 5.59. The molecule has 1 fully saturated rings. The number of aliphatic hydroxyl groups excluding tert-OH is 3. The van der Waals surface area contributed by atoms with Gasteiger partial charge >= 0.3 is 0 Å². The molecule has 6 heteroatoms. The van der Waals surface area contributed by atoms with Gasteiger partial charge in [0.2, 0.25) is 0 Å². The van der Waals surface area contributed by atoms with Gasteiger partial charge in [0.25, 0.3) is 0 Å². The molecule has 3 rings (SSSR count). The van der Waals surface area contributed by atoms with Gasteiger partial charge < -0.3 is 24.8 Å². The van der Waals surface area contributed by atoms with E-state index in [1.165, 1.54) is 0 Å². The fraction of sp³-hybridized carbons (Fsp3) is 0.538. The smallest absolute Gasteiger partial charge is 0.199 e. The van der Waals surface area contributed by atoms with Crippen LogP contribution in [0.15, 0.2) is 18.2 Å². The first-order valence-corrected chi connectivity index (χ1v) is 5.93. The Morgan fingerprint density at radius 3 is 2.89 bits per heavy atom. The van der Waals surface area contributed by atoms with E-state index in [9.17, 15) is 10.2 Å². The predicted molar refractivity (Wildman–Crippen MR) is 60.5 cm³/mol. The Hall–Kier alpha value is -0.318. The molecule has 4 atom stereocenters. The zero-order valence-corrected chi connectivity index (χ0v) is 12.8. The monoisotopic (exact) mass is 438 g/mol. The van der Waals surface area contributed by atoms with Crippen LogP contribution in [0, 0.1) is 6.07 Å². The van der Waals surface area contributed by atoms with E-state index in [1.807, 2.05) is 12.1 Å². The quantitative estimate of drug-likeness (QED) is 0.510. The molecule has 2 heterocycles. The molecule has 2 aliphatic heterocycles. The number of fused-ring (bicyclic) bond motifs is 1. The number of ether oxygens (including phenoxy) is 2. The van der Waals surface area contributed by atoms with Crippen LogP contribution in [0.5, 0.6) is 0 Å². The number of rotatable bonds is 1. The summed E-state index contributed by atoms with van der Waals surface area (Å²) >= 11 is 0. The van der Waals surface area contributed by atoms with Crippen LogP contribution in [0.3, 0.4) is 0 Å². The first kappa shape index (κ1) is 15.1. The van der Waals surface area contributed by atoms with E-state index < -0.39 is 24.1 Å². The van der Waals surface area contributed by atoms with Gasteiger partial charge in [-0.1, -0.05) is 0 Å². The third-order valence-corrected chi connectivity index (χ3v) is 3.62. The van der Waals surface area contributed by atoms with Crippen LogP contribution < -0.4 is 0 Å². The van der Waals surface area contributed by atoms with Gasteiger partial charge in [-0.05, 0) is 0 Å². The third kappa shape index (κ3) is 2.39. The summed E-state index contributed by atoms with van der Waals surface area (Å²) in [6, 6.07) is 8.69. The van der Waals surface area contributed by atoms with Gasteiger partial charge in [-0.3, -0.25) is 0 Å². The maximum absolute atomic E-state index is 10.1. The molecule has 5 nitrogen and oxygen atoms in total. The molecule has 0 bridgehead atoms. The van der Waals surface area contributed by atoms with Crippen molar-refractivity contribution in [2.24, 2.45) is 0 Å². The minimum atomic E-state index is -1.27. The molecule has 0 unspecified atom stereocenters. The zero-order chi connectivity index (χ0) is 12.8. The van der Waals surface area contributed by atoms with E-state index in [0.717, 1.165) is 11.1 Å². The molecule has 1 radical (unpaired) electrons. The minimum absolute atomic E-state index is 0. The number of hydrogen-bond acceptors (Lipinski definition) is 5. The van der Waals surface area contributed by atoms with E-state index in [1.54, 1.807) is 6.07 Å². The van der Waals surface area contributed by atoms with E-state index >= 15 is 0 Å². The first-order valence-electron chi connectivity index (χ1n) is 5.93. The van der Waals surface area contributed by atoms with Crippen LogP contribution in [0.1, 0.15) is 11.1 Å². The average Bonchev–Trinajstić information content (AvgIpc) is 2.64. The Morgan fingerprint density at radius 1 is 1.42 bits per heavy atom. The molecule has 1 spiro atoms. The molecule has 2 aliphatic rings. The van der Waals surface area contributed by atoms with Crippen LogP contribution in [0.2, 0.25) is 0 Å². The number of aliphatic hydroxyl groups is 3. The maximum Gasteiger partial charge on any atom is 0.199 e. The summed E-state index contributed by atoms with van der Waals surface area (Å²) in [5.74, 6) is -1.27. The summed E-state index contributed by atoms with van der Waals surface area (Å²) in [5, 5.41) is 29.0. The van der Waals surface area contributed by atoms with Crippen molar-refractivity contribution in [2.45, 2.75) is 37.1 Å².